The highest BCUT2D eigenvalue weighted by Gasteiger charge is 2.31. The normalized spacial score (nSPS) is 20.1. The first kappa shape index (κ1) is 6.92. The molecule has 1 fully saturated rings. The second kappa shape index (κ2) is 2.70. The molecular weight excluding hydrogens is 138 g/mol. The van der Waals surface area contributed by atoms with Crippen molar-refractivity contribution < 1.29 is 4.42 Å². The Labute approximate surface area is 66.6 Å². The lowest BCUT2D eigenvalue weighted by molar-refractivity contribution is 0.510. The molecule has 0 aromatic carbocycles. The molecule has 0 amide bonds. The summed E-state index contributed by atoms with van der Waals surface area (Å²) in [5.74, 6) is 0.845. The van der Waals surface area contributed by atoms with Crippen LogP contribution in [0.5, 0.6) is 0 Å². The van der Waals surface area contributed by atoms with Gasteiger partial charge in [0.15, 0.2) is 0 Å². The van der Waals surface area contributed by atoms with Crippen molar-refractivity contribution in [1.29, 1.82) is 0 Å². The molecular formula is C9H13NO. The van der Waals surface area contributed by atoms with Gasteiger partial charge in [-0.3, -0.25) is 0 Å². The van der Waals surface area contributed by atoms with Gasteiger partial charge in [-0.1, -0.05) is 0 Å². The largest absolute Gasteiger partial charge is 0.472 e. The fourth-order valence-electron chi connectivity index (χ4n) is 1.56. The van der Waals surface area contributed by atoms with E-state index in [9.17, 15) is 0 Å². The molecule has 1 heterocycles. The molecule has 0 saturated heterocycles. The zero-order chi connectivity index (χ0) is 7.68. The minimum absolute atomic E-state index is 0.522. The smallest absolute Gasteiger partial charge is 0.0950 e. The monoisotopic (exact) mass is 151 g/mol. The first-order chi connectivity index (χ1) is 5.42. The van der Waals surface area contributed by atoms with Crippen molar-refractivity contribution in [2.45, 2.75) is 18.9 Å². The highest BCUT2D eigenvalue weighted by Crippen LogP contribution is 2.40. The van der Waals surface area contributed by atoms with Crippen molar-refractivity contribution >= 4 is 0 Å². The highest BCUT2D eigenvalue weighted by molar-refractivity contribution is 5.14. The van der Waals surface area contributed by atoms with E-state index < -0.39 is 0 Å². The van der Waals surface area contributed by atoms with Gasteiger partial charge in [0.05, 0.1) is 12.5 Å². The van der Waals surface area contributed by atoms with Crippen LogP contribution in [0, 0.1) is 5.92 Å². The Hall–Kier alpha value is -0.760. The van der Waals surface area contributed by atoms with E-state index in [-0.39, 0.29) is 0 Å². The molecule has 0 bridgehead atoms. The van der Waals surface area contributed by atoms with Crippen LogP contribution in [0.4, 0.5) is 0 Å². The topological polar surface area (TPSA) is 25.2 Å². The van der Waals surface area contributed by atoms with Crippen molar-refractivity contribution in [2.24, 2.45) is 5.92 Å². The second-order valence-electron chi connectivity index (χ2n) is 3.16. The van der Waals surface area contributed by atoms with E-state index in [0.717, 1.165) is 5.92 Å². The van der Waals surface area contributed by atoms with Gasteiger partial charge in [0.25, 0.3) is 0 Å². The Morgan fingerprint density at radius 1 is 1.64 bits per heavy atom. The SMILES string of the molecule is CNC(c1ccoc1)C1CC1. The molecule has 1 aliphatic carbocycles. The predicted molar refractivity (Wildman–Crippen MR) is 43.2 cm³/mol. The van der Waals surface area contributed by atoms with Crippen LogP contribution in [0.3, 0.4) is 0 Å². The Balaban J connectivity index is 2.11. The maximum atomic E-state index is 5.04. The Morgan fingerprint density at radius 2 is 2.45 bits per heavy atom. The second-order valence-corrected chi connectivity index (χ2v) is 3.16. The molecule has 2 heteroatoms. The lowest BCUT2D eigenvalue weighted by Crippen LogP contribution is -2.17. The van der Waals surface area contributed by atoms with Crippen LogP contribution in [-0.2, 0) is 0 Å². The molecule has 2 rings (SSSR count). The van der Waals surface area contributed by atoms with Gasteiger partial charge in [-0.05, 0) is 31.9 Å². The molecule has 1 N–H and O–H groups in total. The van der Waals surface area contributed by atoms with Crippen LogP contribution in [0.2, 0.25) is 0 Å². The molecule has 0 radical (unpaired) electrons. The highest BCUT2D eigenvalue weighted by atomic mass is 16.3. The molecule has 2 nitrogen and oxygen atoms in total. The van der Waals surface area contributed by atoms with Crippen molar-refractivity contribution in [3.63, 3.8) is 0 Å². The summed E-state index contributed by atoms with van der Waals surface area (Å²) < 4.78 is 5.04. The number of hydrogen-bond acceptors (Lipinski definition) is 2. The number of hydrogen-bond donors (Lipinski definition) is 1. The van der Waals surface area contributed by atoms with E-state index in [0.29, 0.717) is 6.04 Å². The minimum Gasteiger partial charge on any atom is -0.472 e. The van der Waals surface area contributed by atoms with E-state index in [1.165, 1.54) is 18.4 Å². The van der Waals surface area contributed by atoms with Gasteiger partial charge in [-0.25, -0.2) is 0 Å². The molecule has 1 unspecified atom stereocenters. The molecule has 1 saturated carbocycles. The molecule has 1 aromatic heterocycles. The fraction of sp³-hybridized carbons (Fsp3) is 0.556. The van der Waals surface area contributed by atoms with Crippen molar-refractivity contribution in [1.82, 2.24) is 5.32 Å². The van der Waals surface area contributed by atoms with E-state index in [2.05, 4.69) is 5.32 Å². The standard InChI is InChI=1S/C9H13NO/c1-10-9(7-2-3-7)8-4-5-11-6-8/h4-7,9-10H,2-3H2,1H3. The van der Waals surface area contributed by atoms with Crippen LogP contribution in [0.25, 0.3) is 0 Å². The molecule has 60 valence electrons. The average molecular weight is 151 g/mol. The Morgan fingerprint density at radius 3 is 2.91 bits per heavy atom. The first-order valence-electron chi connectivity index (χ1n) is 4.11. The van der Waals surface area contributed by atoms with Gasteiger partial charge in [0, 0.05) is 11.6 Å². The molecule has 1 aromatic rings. The van der Waals surface area contributed by atoms with Gasteiger partial charge in [0.1, 0.15) is 0 Å². The van der Waals surface area contributed by atoms with Crippen molar-refractivity contribution in [3.8, 4) is 0 Å². The third kappa shape index (κ3) is 1.31. The number of rotatable bonds is 3. The molecule has 1 atom stereocenters. The first-order valence-corrected chi connectivity index (χ1v) is 4.11. The Bertz CT molecular complexity index is 213. The fourth-order valence-corrected chi connectivity index (χ4v) is 1.56. The third-order valence-corrected chi connectivity index (χ3v) is 2.31. The van der Waals surface area contributed by atoms with Gasteiger partial charge < -0.3 is 9.73 Å². The molecule has 0 spiro atoms. The zero-order valence-corrected chi connectivity index (χ0v) is 6.71. The van der Waals surface area contributed by atoms with Crippen LogP contribution in [-0.4, -0.2) is 7.05 Å². The van der Waals surface area contributed by atoms with E-state index in [1.54, 1.807) is 6.26 Å². The van der Waals surface area contributed by atoms with Crippen molar-refractivity contribution in [2.75, 3.05) is 7.05 Å². The number of furan rings is 1. The maximum Gasteiger partial charge on any atom is 0.0950 e. The summed E-state index contributed by atoms with van der Waals surface area (Å²) >= 11 is 0. The maximum absolute atomic E-state index is 5.04. The summed E-state index contributed by atoms with van der Waals surface area (Å²) in [5.41, 5.74) is 1.29. The van der Waals surface area contributed by atoms with Crippen LogP contribution in [0.1, 0.15) is 24.4 Å². The molecule has 11 heavy (non-hydrogen) atoms. The summed E-state index contributed by atoms with van der Waals surface area (Å²) in [6, 6.07) is 2.56. The third-order valence-electron chi connectivity index (χ3n) is 2.31. The van der Waals surface area contributed by atoms with Crippen LogP contribution >= 0.6 is 0 Å². The molecule has 0 aliphatic heterocycles. The van der Waals surface area contributed by atoms with Gasteiger partial charge >= 0.3 is 0 Å². The van der Waals surface area contributed by atoms with Crippen molar-refractivity contribution in [3.05, 3.63) is 24.2 Å². The average Bonchev–Trinajstić information content (AvgIpc) is 2.68. The van der Waals surface area contributed by atoms with Gasteiger partial charge in [0.2, 0.25) is 0 Å². The summed E-state index contributed by atoms with van der Waals surface area (Å²) in [6.45, 7) is 0. The lowest BCUT2D eigenvalue weighted by atomic mass is 10.1. The van der Waals surface area contributed by atoms with Gasteiger partial charge in [-0.15, -0.1) is 0 Å². The zero-order valence-electron chi connectivity index (χ0n) is 6.71. The van der Waals surface area contributed by atoms with Crippen LogP contribution in [0.15, 0.2) is 23.0 Å². The van der Waals surface area contributed by atoms with E-state index in [4.69, 9.17) is 4.42 Å². The summed E-state index contributed by atoms with van der Waals surface area (Å²) in [6.07, 6.45) is 6.29. The minimum atomic E-state index is 0.522. The summed E-state index contributed by atoms with van der Waals surface area (Å²) in [5, 5.41) is 3.31. The quantitative estimate of drug-likeness (QED) is 0.714. The lowest BCUT2D eigenvalue weighted by Gasteiger charge is -2.11. The van der Waals surface area contributed by atoms with E-state index >= 15 is 0 Å². The molecule has 1 aliphatic rings. The van der Waals surface area contributed by atoms with Crippen LogP contribution < -0.4 is 5.32 Å². The number of nitrogens with one attached hydrogen (secondary N) is 1. The van der Waals surface area contributed by atoms with E-state index in [1.807, 2.05) is 19.4 Å². The Kier molecular flexibility index (Phi) is 1.70. The van der Waals surface area contributed by atoms with Gasteiger partial charge in [-0.2, -0.15) is 0 Å². The summed E-state index contributed by atoms with van der Waals surface area (Å²) in [4.78, 5) is 0. The predicted octanol–water partition coefficient (Wildman–Crippen LogP) is 1.95. The summed E-state index contributed by atoms with van der Waals surface area (Å²) in [7, 11) is 2.01.